The van der Waals surface area contributed by atoms with E-state index in [2.05, 4.69) is 34.0 Å². The molecule has 1 aliphatic rings. The van der Waals surface area contributed by atoms with Crippen LogP contribution in [0.3, 0.4) is 0 Å². The maximum Gasteiger partial charge on any atom is 0.317 e. The predicted octanol–water partition coefficient (Wildman–Crippen LogP) is 2.08. The Morgan fingerprint density at radius 3 is 2.41 bits per heavy atom. The second-order valence-corrected chi connectivity index (χ2v) is 7.38. The van der Waals surface area contributed by atoms with Gasteiger partial charge in [0.05, 0.1) is 12.5 Å². The maximum absolute atomic E-state index is 12.3. The maximum atomic E-state index is 12.3. The molecule has 0 aliphatic carbocycles. The van der Waals surface area contributed by atoms with Crippen LogP contribution in [0.4, 0.5) is 10.6 Å². The van der Waals surface area contributed by atoms with Crippen molar-refractivity contribution in [2.75, 3.05) is 37.6 Å². The van der Waals surface area contributed by atoms with Crippen molar-refractivity contribution in [3.05, 3.63) is 17.6 Å². The molecule has 0 spiro atoms. The number of urea groups is 1. The highest BCUT2D eigenvalue weighted by atomic mass is 16.5. The number of anilines is 1. The fraction of sp³-hybridized carbons (Fsp3) is 0.684. The average Bonchev–Trinajstić information content (AvgIpc) is 2.60. The van der Waals surface area contributed by atoms with Crippen LogP contribution in [-0.2, 0) is 9.53 Å². The van der Waals surface area contributed by atoms with E-state index >= 15 is 0 Å². The topological polar surface area (TPSA) is 87.7 Å². The summed E-state index contributed by atoms with van der Waals surface area (Å²) >= 11 is 0. The molecule has 1 N–H and O–H groups in total. The first-order valence-corrected chi connectivity index (χ1v) is 9.59. The minimum Gasteiger partial charge on any atom is -0.463 e. The molecule has 0 atom stereocenters. The number of aryl methyl sites for hydroxylation is 1. The Morgan fingerprint density at radius 2 is 1.81 bits per heavy atom. The minimum absolute atomic E-state index is 0.136. The van der Waals surface area contributed by atoms with Crippen LogP contribution in [0.25, 0.3) is 0 Å². The zero-order valence-electron chi connectivity index (χ0n) is 17.0. The molecule has 2 rings (SSSR count). The van der Waals surface area contributed by atoms with Crippen LogP contribution >= 0.6 is 0 Å². The van der Waals surface area contributed by atoms with E-state index in [0.29, 0.717) is 13.1 Å². The first kappa shape index (κ1) is 20.9. The molecule has 2 heterocycles. The van der Waals surface area contributed by atoms with Gasteiger partial charge in [0, 0.05) is 50.4 Å². The van der Waals surface area contributed by atoms with Gasteiger partial charge in [-0.05, 0) is 20.8 Å². The smallest absolute Gasteiger partial charge is 0.317 e. The Bertz CT molecular complexity index is 655. The van der Waals surface area contributed by atoms with Crippen molar-refractivity contribution in [1.82, 2.24) is 20.2 Å². The Kier molecular flexibility index (Phi) is 7.38. The molecule has 1 aliphatic heterocycles. The third-order valence-electron chi connectivity index (χ3n) is 4.24. The van der Waals surface area contributed by atoms with Crippen LogP contribution in [0.1, 0.15) is 51.6 Å². The summed E-state index contributed by atoms with van der Waals surface area (Å²) in [6.07, 6.45) is 0.0464. The van der Waals surface area contributed by atoms with Crippen LogP contribution in [-0.4, -0.2) is 65.7 Å². The van der Waals surface area contributed by atoms with Gasteiger partial charge in [-0.2, -0.15) is 0 Å². The van der Waals surface area contributed by atoms with E-state index in [-0.39, 0.29) is 37.0 Å². The van der Waals surface area contributed by atoms with Crippen molar-refractivity contribution in [1.29, 1.82) is 0 Å². The number of nitrogens with one attached hydrogen (secondary N) is 1. The lowest BCUT2D eigenvalue weighted by molar-refractivity contribution is -0.147. The number of nitrogens with zero attached hydrogens (tertiary/aromatic N) is 4. The van der Waals surface area contributed by atoms with Crippen molar-refractivity contribution in [3.63, 3.8) is 0 Å². The lowest BCUT2D eigenvalue weighted by Crippen LogP contribution is -2.52. The molecule has 1 saturated heterocycles. The predicted molar refractivity (Wildman–Crippen MR) is 104 cm³/mol. The molecule has 0 aromatic carbocycles. The number of carbonyl (C=O) groups is 2. The molecule has 1 fully saturated rings. The van der Waals surface area contributed by atoms with E-state index in [1.54, 1.807) is 18.7 Å². The Hall–Kier alpha value is -2.38. The monoisotopic (exact) mass is 377 g/mol. The number of hydrogen-bond acceptors (Lipinski definition) is 6. The first-order chi connectivity index (χ1) is 12.8. The SMILES string of the molecule is Cc1cc(N2CCN(C(=O)NCCC(=O)OC(C)C)CC2)nc(C(C)C)n1. The molecule has 2 amide bonds. The largest absolute Gasteiger partial charge is 0.463 e. The Labute approximate surface area is 161 Å². The number of rotatable bonds is 6. The van der Waals surface area contributed by atoms with Crippen LogP contribution in [0.2, 0.25) is 0 Å². The summed E-state index contributed by atoms with van der Waals surface area (Å²) in [5.74, 6) is 1.74. The molecule has 0 unspecified atom stereocenters. The van der Waals surface area contributed by atoms with Crippen molar-refractivity contribution in [2.24, 2.45) is 0 Å². The third kappa shape index (κ3) is 6.37. The average molecular weight is 377 g/mol. The van der Waals surface area contributed by atoms with Crippen LogP contribution in [0, 0.1) is 6.92 Å². The van der Waals surface area contributed by atoms with Gasteiger partial charge in [-0.25, -0.2) is 14.8 Å². The summed E-state index contributed by atoms with van der Waals surface area (Å²) in [6.45, 7) is 12.7. The molecule has 8 heteroatoms. The number of carbonyl (C=O) groups excluding carboxylic acids is 2. The molecule has 1 aromatic heterocycles. The Morgan fingerprint density at radius 1 is 1.15 bits per heavy atom. The molecule has 27 heavy (non-hydrogen) atoms. The summed E-state index contributed by atoms with van der Waals surface area (Å²) in [4.78, 5) is 36.9. The van der Waals surface area contributed by atoms with E-state index in [1.165, 1.54) is 0 Å². The molecule has 1 aromatic rings. The zero-order valence-corrected chi connectivity index (χ0v) is 17.0. The fourth-order valence-corrected chi connectivity index (χ4v) is 2.84. The van der Waals surface area contributed by atoms with Crippen LogP contribution in [0.5, 0.6) is 0 Å². The van der Waals surface area contributed by atoms with Crippen LogP contribution in [0.15, 0.2) is 6.07 Å². The lowest BCUT2D eigenvalue weighted by atomic mass is 10.2. The van der Waals surface area contributed by atoms with E-state index in [0.717, 1.165) is 30.4 Å². The summed E-state index contributed by atoms with van der Waals surface area (Å²) in [5, 5.41) is 2.79. The number of piperazine rings is 1. The normalized spacial score (nSPS) is 14.6. The molecule has 0 radical (unpaired) electrons. The molecule has 8 nitrogen and oxygen atoms in total. The third-order valence-corrected chi connectivity index (χ3v) is 4.24. The second kappa shape index (κ2) is 9.53. The van der Waals surface area contributed by atoms with E-state index in [9.17, 15) is 9.59 Å². The standard InChI is InChI=1S/C19H31N5O3/c1-13(2)18-21-15(5)12-16(22-18)23-8-10-24(11-9-23)19(26)20-7-6-17(25)27-14(3)4/h12-14H,6-11H2,1-5H3,(H,20,26). The molecule has 0 saturated carbocycles. The minimum atomic E-state index is -0.296. The summed E-state index contributed by atoms with van der Waals surface area (Å²) < 4.78 is 5.05. The number of hydrogen-bond donors (Lipinski definition) is 1. The van der Waals surface area contributed by atoms with Gasteiger partial charge in [0.25, 0.3) is 0 Å². The van der Waals surface area contributed by atoms with Gasteiger partial charge in [0.15, 0.2) is 0 Å². The van der Waals surface area contributed by atoms with Crippen molar-refractivity contribution >= 4 is 17.8 Å². The number of esters is 1. The van der Waals surface area contributed by atoms with Crippen molar-refractivity contribution in [3.8, 4) is 0 Å². The summed E-state index contributed by atoms with van der Waals surface area (Å²) in [6, 6.07) is 1.84. The van der Waals surface area contributed by atoms with Gasteiger partial charge >= 0.3 is 12.0 Å². The summed E-state index contributed by atoms with van der Waals surface area (Å²) in [7, 11) is 0. The highest BCUT2D eigenvalue weighted by Gasteiger charge is 2.22. The highest BCUT2D eigenvalue weighted by molar-refractivity contribution is 5.76. The zero-order chi connectivity index (χ0) is 20.0. The van der Waals surface area contributed by atoms with Gasteiger partial charge < -0.3 is 19.9 Å². The van der Waals surface area contributed by atoms with Gasteiger partial charge in [-0.15, -0.1) is 0 Å². The van der Waals surface area contributed by atoms with E-state index in [4.69, 9.17) is 4.74 Å². The van der Waals surface area contributed by atoms with Crippen molar-refractivity contribution in [2.45, 2.75) is 53.1 Å². The first-order valence-electron chi connectivity index (χ1n) is 9.59. The molecular weight excluding hydrogens is 346 g/mol. The van der Waals surface area contributed by atoms with E-state index < -0.39 is 0 Å². The van der Waals surface area contributed by atoms with Gasteiger partial charge in [0.1, 0.15) is 11.6 Å². The number of aromatic nitrogens is 2. The second-order valence-electron chi connectivity index (χ2n) is 7.38. The molecule has 150 valence electrons. The lowest BCUT2D eigenvalue weighted by Gasteiger charge is -2.35. The van der Waals surface area contributed by atoms with Crippen LogP contribution < -0.4 is 10.2 Å². The quantitative estimate of drug-likeness (QED) is 0.764. The Balaban J connectivity index is 1.81. The van der Waals surface area contributed by atoms with Crippen molar-refractivity contribution < 1.29 is 14.3 Å². The highest BCUT2D eigenvalue weighted by Crippen LogP contribution is 2.18. The summed E-state index contributed by atoms with van der Waals surface area (Å²) in [5.41, 5.74) is 0.956. The molecular formula is C19H31N5O3. The van der Waals surface area contributed by atoms with Gasteiger partial charge in [-0.1, -0.05) is 13.8 Å². The molecule has 0 bridgehead atoms. The van der Waals surface area contributed by atoms with Gasteiger partial charge in [-0.3, -0.25) is 4.79 Å². The van der Waals surface area contributed by atoms with Gasteiger partial charge in [0.2, 0.25) is 0 Å². The number of ether oxygens (including phenoxy) is 1. The van der Waals surface area contributed by atoms with E-state index in [1.807, 2.05) is 13.0 Å². The number of amides is 2. The fourth-order valence-electron chi connectivity index (χ4n) is 2.84.